The van der Waals surface area contributed by atoms with Crippen LogP contribution in [0.1, 0.15) is 49.8 Å². The fourth-order valence-electron chi connectivity index (χ4n) is 5.38. The Morgan fingerprint density at radius 1 is 0.816 bits per heavy atom. The molecule has 2 N–H and O–H groups in total. The lowest BCUT2D eigenvalue weighted by molar-refractivity contribution is -0.116. The fraction of sp³-hybridized carbons (Fsp3) is 0.323. The lowest BCUT2D eigenvalue weighted by atomic mass is 9.78. The standard InChI is InChI=1S/C31H34N2O5/c1-18(2)38-26-13-9-6-10-21(26)30-29-24(32-22-11-7-8-12-23(22)33-30)14-19(15-25(29)34)20-16-27(35-3)31(37-5)28(17-20)36-4/h6-13,16-19,30,32-33H,14-15H2,1-5H3/t19-,30-/m1/s1. The number of methoxy groups -OCH3 is 3. The highest BCUT2D eigenvalue weighted by molar-refractivity contribution is 6.01. The van der Waals surface area contributed by atoms with E-state index in [1.54, 1.807) is 21.3 Å². The first kappa shape index (κ1) is 25.5. The predicted octanol–water partition coefficient (Wildman–Crippen LogP) is 6.48. The van der Waals surface area contributed by atoms with E-state index in [0.717, 1.165) is 39.5 Å². The number of allylic oxidation sites excluding steroid dienone is 1. The molecule has 0 saturated heterocycles. The highest BCUT2D eigenvalue weighted by atomic mass is 16.5. The lowest BCUT2D eigenvalue weighted by Gasteiger charge is -2.31. The van der Waals surface area contributed by atoms with Crippen molar-refractivity contribution in [3.63, 3.8) is 0 Å². The van der Waals surface area contributed by atoms with E-state index in [1.807, 2.05) is 74.5 Å². The average Bonchev–Trinajstić information content (AvgIpc) is 3.09. The summed E-state index contributed by atoms with van der Waals surface area (Å²) in [5, 5.41) is 7.25. The van der Waals surface area contributed by atoms with Crippen molar-refractivity contribution in [1.29, 1.82) is 0 Å². The first-order valence-corrected chi connectivity index (χ1v) is 12.9. The van der Waals surface area contributed by atoms with Gasteiger partial charge in [0.05, 0.1) is 44.8 Å². The van der Waals surface area contributed by atoms with E-state index in [0.29, 0.717) is 30.1 Å². The topological polar surface area (TPSA) is 78.1 Å². The summed E-state index contributed by atoms with van der Waals surface area (Å²) in [6, 6.07) is 19.5. The molecule has 0 fully saturated rings. The van der Waals surface area contributed by atoms with E-state index in [9.17, 15) is 4.79 Å². The third kappa shape index (κ3) is 4.76. The van der Waals surface area contributed by atoms with Gasteiger partial charge in [0.15, 0.2) is 17.3 Å². The van der Waals surface area contributed by atoms with Crippen LogP contribution in [0.5, 0.6) is 23.0 Å². The number of hydrogen-bond donors (Lipinski definition) is 2. The Bertz CT molecular complexity index is 1360. The van der Waals surface area contributed by atoms with Crippen LogP contribution in [-0.4, -0.2) is 33.2 Å². The number of nitrogens with one attached hydrogen (secondary N) is 2. The van der Waals surface area contributed by atoms with Crippen LogP contribution in [0.25, 0.3) is 0 Å². The number of carbonyl (C=O) groups is 1. The minimum absolute atomic E-state index is 0.00672. The smallest absolute Gasteiger partial charge is 0.203 e. The van der Waals surface area contributed by atoms with Gasteiger partial charge in [0.2, 0.25) is 5.75 Å². The minimum Gasteiger partial charge on any atom is -0.493 e. The van der Waals surface area contributed by atoms with E-state index in [2.05, 4.69) is 10.6 Å². The Hall–Kier alpha value is -4.13. The van der Waals surface area contributed by atoms with Crippen LogP contribution in [0.2, 0.25) is 0 Å². The van der Waals surface area contributed by atoms with Crippen LogP contribution >= 0.6 is 0 Å². The van der Waals surface area contributed by atoms with Crippen molar-refractivity contribution in [3.05, 3.63) is 83.1 Å². The van der Waals surface area contributed by atoms with Gasteiger partial charge >= 0.3 is 0 Å². The lowest BCUT2D eigenvalue weighted by Crippen LogP contribution is -2.27. The molecule has 7 nitrogen and oxygen atoms in total. The molecule has 0 radical (unpaired) electrons. The monoisotopic (exact) mass is 514 g/mol. The minimum atomic E-state index is -0.357. The largest absolute Gasteiger partial charge is 0.493 e. The first-order valence-electron chi connectivity index (χ1n) is 12.9. The van der Waals surface area contributed by atoms with Gasteiger partial charge < -0.3 is 29.6 Å². The molecule has 0 aromatic heterocycles. The maximum absolute atomic E-state index is 14.0. The molecule has 38 heavy (non-hydrogen) atoms. The van der Waals surface area contributed by atoms with E-state index in [4.69, 9.17) is 18.9 Å². The molecule has 0 amide bonds. The van der Waals surface area contributed by atoms with Crippen LogP contribution in [0.4, 0.5) is 11.4 Å². The SMILES string of the molecule is COc1cc([C@H]2CC(=O)C3=C(C2)Nc2ccccc2N[C@@H]3c2ccccc2OC(C)C)cc(OC)c1OC. The van der Waals surface area contributed by atoms with Gasteiger partial charge in [-0.3, -0.25) is 4.79 Å². The third-order valence-corrected chi connectivity index (χ3v) is 7.06. The van der Waals surface area contributed by atoms with Crippen molar-refractivity contribution < 1.29 is 23.7 Å². The number of ether oxygens (including phenoxy) is 4. The summed E-state index contributed by atoms with van der Waals surface area (Å²) in [6.45, 7) is 4.01. The van der Waals surface area contributed by atoms with Gasteiger partial charge in [-0.2, -0.15) is 0 Å². The normalized spacial score (nSPS) is 18.5. The van der Waals surface area contributed by atoms with Gasteiger partial charge in [-0.05, 0) is 62.1 Å². The van der Waals surface area contributed by atoms with Gasteiger partial charge in [0.25, 0.3) is 0 Å². The molecule has 2 atom stereocenters. The molecule has 3 aromatic carbocycles. The Morgan fingerprint density at radius 2 is 1.47 bits per heavy atom. The summed E-state index contributed by atoms with van der Waals surface area (Å²) in [6.07, 6.45) is 1.02. The summed E-state index contributed by atoms with van der Waals surface area (Å²) >= 11 is 0. The molecule has 1 heterocycles. The molecular formula is C31H34N2O5. The van der Waals surface area contributed by atoms with Crippen molar-refractivity contribution in [3.8, 4) is 23.0 Å². The quantitative estimate of drug-likeness (QED) is 0.374. The van der Waals surface area contributed by atoms with E-state index < -0.39 is 0 Å². The number of fused-ring (bicyclic) bond motifs is 1. The second-order valence-corrected chi connectivity index (χ2v) is 9.83. The zero-order chi connectivity index (χ0) is 26.8. The highest BCUT2D eigenvalue weighted by Gasteiger charge is 2.37. The summed E-state index contributed by atoms with van der Waals surface area (Å²) in [7, 11) is 4.79. The molecule has 0 spiro atoms. The average molecular weight is 515 g/mol. The maximum Gasteiger partial charge on any atom is 0.203 e. The Balaban J connectivity index is 1.61. The van der Waals surface area contributed by atoms with Crippen molar-refractivity contribution in [1.82, 2.24) is 0 Å². The molecule has 198 valence electrons. The Labute approximate surface area is 223 Å². The number of carbonyl (C=O) groups excluding carboxylic acids is 1. The van der Waals surface area contributed by atoms with Crippen molar-refractivity contribution in [2.45, 2.75) is 44.8 Å². The molecule has 2 aliphatic rings. The molecular weight excluding hydrogens is 480 g/mol. The van der Waals surface area contributed by atoms with Crippen LogP contribution in [0.15, 0.2) is 71.9 Å². The summed E-state index contributed by atoms with van der Waals surface area (Å²) in [5.41, 5.74) is 5.41. The van der Waals surface area contributed by atoms with Gasteiger partial charge in [0, 0.05) is 23.3 Å². The van der Waals surface area contributed by atoms with Gasteiger partial charge in [0.1, 0.15) is 5.75 Å². The van der Waals surface area contributed by atoms with Crippen molar-refractivity contribution in [2.75, 3.05) is 32.0 Å². The molecule has 5 rings (SSSR count). The van der Waals surface area contributed by atoms with Crippen molar-refractivity contribution in [2.24, 2.45) is 0 Å². The molecule has 0 saturated carbocycles. The molecule has 0 bridgehead atoms. The van der Waals surface area contributed by atoms with Gasteiger partial charge in [-0.15, -0.1) is 0 Å². The van der Waals surface area contributed by atoms with Crippen LogP contribution < -0.4 is 29.6 Å². The zero-order valence-corrected chi connectivity index (χ0v) is 22.5. The summed E-state index contributed by atoms with van der Waals surface area (Å²) in [4.78, 5) is 14.0. The number of anilines is 2. The Kier molecular flexibility index (Phi) is 7.18. The molecule has 1 aliphatic carbocycles. The van der Waals surface area contributed by atoms with Crippen LogP contribution in [0, 0.1) is 0 Å². The molecule has 1 aliphatic heterocycles. The number of para-hydroxylation sites is 3. The highest BCUT2D eigenvalue weighted by Crippen LogP contribution is 2.48. The fourth-order valence-corrected chi connectivity index (χ4v) is 5.38. The maximum atomic E-state index is 14.0. The molecule has 7 heteroatoms. The molecule has 0 unspecified atom stereocenters. The second kappa shape index (κ2) is 10.7. The Morgan fingerprint density at radius 3 is 2.13 bits per heavy atom. The van der Waals surface area contributed by atoms with Crippen LogP contribution in [0.3, 0.4) is 0 Å². The number of ketones is 1. The van der Waals surface area contributed by atoms with E-state index >= 15 is 0 Å². The number of rotatable bonds is 7. The number of Topliss-reactive ketones (excluding diaryl/α,β-unsaturated/α-hetero) is 1. The summed E-state index contributed by atoms with van der Waals surface area (Å²) < 4.78 is 22.9. The number of hydrogen-bond acceptors (Lipinski definition) is 7. The van der Waals surface area contributed by atoms with E-state index in [1.165, 1.54) is 0 Å². The zero-order valence-electron chi connectivity index (χ0n) is 22.5. The van der Waals surface area contributed by atoms with Crippen molar-refractivity contribution >= 4 is 17.2 Å². The van der Waals surface area contributed by atoms with E-state index in [-0.39, 0.29) is 23.8 Å². The summed E-state index contributed by atoms with van der Waals surface area (Å²) in [5.74, 6) is 2.48. The second-order valence-electron chi connectivity index (χ2n) is 9.83. The number of benzene rings is 3. The molecule has 3 aromatic rings. The van der Waals surface area contributed by atoms with Gasteiger partial charge in [-0.1, -0.05) is 30.3 Å². The van der Waals surface area contributed by atoms with Gasteiger partial charge in [-0.25, -0.2) is 0 Å². The first-order chi connectivity index (χ1) is 18.4. The predicted molar refractivity (Wildman–Crippen MR) is 149 cm³/mol. The van der Waals surface area contributed by atoms with Crippen LogP contribution in [-0.2, 0) is 4.79 Å². The third-order valence-electron chi connectivity index (χ3n) is 7.06.